The Morgan fingerprint density at radius 3 is 3.00 bits per heavy atom. The van der Waals surface area contributed by atoms with Crippen molar-refractivity contribution < 1.29 is 9.53 Å². The first-order valence-corrected chi connectivity index (χ1v) is 5.65. The van der Waals surface area contributed by atoms with E-state index in [1.807, 2.05) is 0 Å². The van der Waals surface area contributed by atoms with Crippen LogP contribution in [0.1, 0.15) is 36.0 Å². The third kappa shape index (κ3) is 2.51. The van der Waals surface area contributed by atoms with Gasteiger partial charge in [0, 0.05) is 6.20 Å². The Hall–Kier alpha value is -1.58. The van der Waals surface area contributed by atoms with E-state index in [-0.39, 0.29) is 0 Å². The molecule has 1 aromatic heterocycles. The summed E-state index contributed by atoms with van der Waals surface area (Å²) in [5.74, 6) is 0.654. The van der Waals surface area contributed by atoms with Crippen molar-refractivity contribution in [1.29, 1.82) is 0 Å². The van der Waals surface area contributed by atoms with Crippen LogP contribution in [0.3, 0.4) is 0 Å². The fourth-order valence-electron chi connectivity index (χ4n) is 1.80. The van der Waals surface area contributed by atoms with Crippen LogP contribution in [0.15, 0.2) is 18.3 Å². The number of carbonyl (C=O) groups is 1. The van der Waals surface area contributed by atoms with Crippen molar-refractivity contribution in [3.8, 4) is 5.88 Å². The SMILES string of the molecule is NC(=O)c1cccnc1OCCC1CCC1. The standard InChI is InChI=1S/C12H16N2O2/c13-11(15)10-5-2-7-14-12(10)16-8-6-9-3-1-4-9/h2,5,7,9H,1,3-4,6,8H2,(H2,13,15). The monoisotopic (exact) mass is 220 g/mol. The van der Waals surface area contributed by atoms with Crippen molar-refractivity contribution in [3.05, 3.63) is 23.9 Å². The van der Waals surface area contributed by atoms with Gasteiger partial charge in [-0.15, -0.1) is 0 Å². The van der Waals surface area contributed by atoms with E-state index in [2.05, 4.69) is 4.98 Å². The molecular formula is C12H16N2O2. The number of aromatic nitrogens is 1. The minimum absolute atomic E-state index is 0.356. The first-order valence-electron chi connectivity index (χ1n) is 5.65. The van der Waals surface area contributed by atoms with E-state index in [0.29, 0.717) is 18.1 Å². The molecule has 1 heterocycles. The minimum atomic E-state index is -0.494. The maximum Gasteiger partial charge on any atom is 0.254 e. The summed E-state index contributed by atoms with van der Waals surface area (Å²) in [6.45, 7) is 0.613. The van der Waals surface area contributed by atoms with Crippen LogP contribution in [-0.2, 0) is 0 Å². The van der Waals surface area contributed by atoms with Gasteiger partial charge in [0.05, 0.1) is 6.61 Å². The Balaban J connectivity index is 1.89. The fourth-order valence-corrected chi connectivity index (χ4v) is 1.80. The Kier molecular flexibility index (Phi) is 3.39. The summed E-state index contributed by atoms with van der Waals surface area (Å²) in [5.41, 5.74) is 5.58. The van der Waals surface area contributed by atoms with E-state index in [4.69, 9.17) is 10.5 Å². The molecule has 86 valence electrons. The van der Waals surface area contributed by atoms with Gasteiger partial charge >= 0.3 is 0 Å². The molecule has 0 unspecified atom stereocenters. The van der Waals surface area contributed by atoms with E-state index in [1.165, 1.54) is 19.3 Å². The zero-order valence-electron chi connectivity index (χ0n) is 9.19. The van der Waals surface area contributed by atoms with Gasteiger partial charge in [-0.05, 0) is 24.5 Å². The van der Waals surface area contributed by atoms with Crippen LogP contribution in [0.5, 0.6) is 5.88 Å². The van der Waals surface area contributed by atoms with Crippen molar-refractivity contribution >= 4 is 5.91 Å². The van der Waals surface area contributed by atoms with Crippen LogP contribution < -0.4 is 10.5 Å². The van der Waals surface area contributed by atoms with Gasteiger partial charge in [0.2, 0.25) is 5.88 Å². The summed E-state index contributed by atoms with van der Waals surface area (Å²) in [4.78, 5) is 15.1. The van der Waals surface area contributed by atoms with Crippen molar-refractivity contribution in [1.82, 2.24) is 4.98 Å². The van der Waals surface area contributed by atoms with Crippen LogP contribution in [0.4, 0.5) is 0 Å². The molecule has 0 bridgehead atoms. The van der Waals surface area contributed by atoms with Gasteiger partial charge in [-0.2, -0.15) is 0 Å². The van der Waals surface area contributed by atoms with E-state index >= 15 is 0 Å². The summed E-state index contributed by atoms with van der Waals surface area (Å²) in [5, 5.41) is 0. The maximum absolute atomic E-state index is 11.1. The maximum atomic E-state index is 11.1. The molecule has 1 fully saturated rings. The topological polar surface area (TPSA) is 65.2 Å². The highest BCUT2D eigenvalue weighted by Crippen LogP contribution is 2.29. The van der Waals surface area contributed by atoms with E-state index in [1.54, 1.807) is 18.3 Å². The average molecular weight is 220 g/mol. The third-order valence-corrected chi connectivity index (χ3v) is 3.03. The normalized spacial score (nSPS) is 15.5. The summed E-state index contributed by atoms with van der Waals surface area (Å²) in [7, 11) is 0. The second-order valence-corrected chi connectivity index (χ2v) is 4.15. The zero-order chi connectivity index (χ0) is 11.4. The quantitative estimate of drug-likeness (QED) is 0.822. The fraction of sp³-hybridized carbons (Fsp3) is 0.500. The number of amides is 1. The molecule has 16 heavy (non-hydrogen) atoms. The van der Waals surface area contributed by atoms with Crippen LogP contribution in [0, 0.1) is 5.92 Å². The summed E-state index contributed by atoms with van der Waals surface area (Å²) >= 11 is 0. The lowest BCUT2D eigenvalue weighted by atomic mass is 9.83. The molecule has 1 saturated carbocycles. The highest BCUT2D eigenvalue weighted by atomic mass is 16.5. The van der Waals surface area contributed by atoms with Crippen molar-refractivity contribution in [3.63, 3.8) is 0 Å². The number of pyridine rings is 1. The van der Waals surface area contributed by atoms with Gasteiger partial charge < -0.3 is 10.5 Å². The predicted octanol–water partition coefficient (Wildman–Crippen LogP) is 1.75. The molecule has 1 aliphatic rings. The summed E-state index contributed by atoms with van der Waals surface area (Å²) in [6.07, 6.45) is 6.57. The molecule has 0 radical (unpaired) electrons. The molecule has 4 heteroatoms. The van der Waals surface area contributed by atoms with Crippen molar-refractivity contribution in [2.45, 2.75) is 25.7 Å². The summed E-state index contributed by atoms with van der Waals surface area (Å²) in [6, 6.07) is 3.31. The molecule has 0 aromatic carbocycles. The number of hydrogen-bond acceptors (Lipinski definition) is 3. The van der Waals surface area contributed by atoms with Crippen molar-refractivity contribution in [2.24, 2.45) is 11.7 Å². The molecule has 2 N–H and O–H groups in total. The van der Waals surface area contributed by atoms with Crippen LogP contribution >= 0.6 is 0 Å². The largest absolute Gasteiger partial charge is 0.477 e. The first-order chi connectivity index (χ1) is 7.77. The molecule has 1 amide bonds. The molecule has 0 saturated heterocycles. The van der Waals surface area contributed by atoms with Gasteiger partial charge in [0.25, 0.3) is 5.91 Å². The Morgan fingerprint density at radius 1 is 1.56 bits per heavy atom. The molecule has 0 spiro atoms. The summed E-state index contributed by atoms with van der Waals surface area (Å²) < 4.78 is 5.49. The van der Waals surface area contributed by atoms with Gasteiger partial charge in [-0.3, -0.25) is 4.79 Å². The van der Waals surface area contributed by atoms with E-state index < -0.39 is 5.91 Å². The van der Waals surface area contributed by atoms with Crippen molar-refractivity contribution in [2.75, 3.05) is 6.61 Å². The second kappa shape index (κ2) is 4.96. The minimum Gasteiger partial charge on any atom is -0.477 e. The number of nitrogens with zero attached hydrogens (tertiary/aromatic N) is 1. The average Bonchev–Trinajstić information content (AvgIpc) is 2.22. The van der Waals surface area contributed by atoms with Crippen LogP contribution in [-0.4, -0.2) is 17.5 Å². The second-order valence-electron chi connectivity index (χ2n) is 4.15. The molecule has 1 aliphatic carbocycles. The number of carbonyl (C=O) groups excluding carboxylic acids is 1. The molecule has 2 rings (SSSR count). The Labute approximate surface area is 94.8 Å². The van der Waals surface area contributed by atoms with Gasteiger partial charge in [-0.25, -0.2) is 4.98 Å². The molecule has 4 nitrogen and oxygen atoms in total. The Bertz CT molecular complexity index is 375. The lowest BCUT2D eigenvalue weighted by Gasteiger charge is -2.24. The smallest absolute Gasteiger partial charge is 0.254 e. The van der Waals surface area contributed by atoms with Crippen LogP contribution in [0.25, 0.3) is 0 Å². The number of nitrogens with two attached hydrogens (primary N) is 1. The number of ether oxygens (including phenoxy) is 1. The molecular weight excluding hydrogens is 204 g/mol. The van der Waals surface area contributed by atoms with Gasteiger partial charge in [-0.1, -0.05) is 19.3 Å². The van der Waals surface area contributed by atoms with Gasteiger partial charge in [0.1, 0.15) is 5.56 Å². The third-order valence-electron chi connectivity index (χ3n) is 3.03. The lowest BCUT2D eigenvalue weighted by Crippen LogP contribution is -2.17. The molecule has 0 aliphatic heterocycles. The lowest BCUT2D eigenvalue weighted by molar-refractivity contribution is 0.0994. The number of rotatable bonds is 5. The highest BCUT2D eigenvalue weighted by molar-refractivity contribution is 5.94. The molecule has 0 atom stereocenters. The van der Waals surface area contributed by atoms with Gasteiger partial charge in [0.15, 0.2) is 0 Å². The zero-order valence-corrected chi connectivity index (χ0v) is 9.19. The first kappa shape index (κ1) is 10.9. The molecule has 1 aromatic rings. The van der Waals surface area contributed by atoms with E-state index in [0.717, 1.165) is 12.3 Å². The van der Waals surface area contributed by atoms with Crippen LogP contribution in [0.2, 0.25) is 0 Å². The van der Waals surface area contributed by atoms with E-state index in [9.17, 15) is 4.79 Å². The highest BCUT2D eigenvalue weighted by Gasteiger charge is 2.17. The number of hydrogen-bond donors (Lipinski definition) is 1. The number of primary amides is 1. The predicted molar refractivity (Wildman–Crippen MR) is 60.2 cm³/mol. The Morgan fingerprint density at radius 2 is 2.38 bits per heavy atom.